The molecule has 0 saturated heterocycles. The highest BCUT2D eigenvalue weighted by molar-refractivity contribution is 5.22. The van der Waals surface area contributed by atoms with Gasteiger partial charge in [0, 0.05) is 12.1 Å². The third kappa shape index (κ3) is 3.81. The maximum atomic E-state index is 8.89. The lowest BCUT2D eigenvalue weighted by molar-refractivity contribution is 0.296. The predicted octanol–water partition coefficient (Wildman–Crippen LogP) is 3.99. The van der Waals surface area contributed by atoms with Crippen molar-refractivity contribution in [3.05, 3.63) is 35.9 Å². The summed E-state index contributed by atoms with van der Waals surface area (Å²) in [4.78, 5) is 0. The standard InChI is InChI=1S/C17H24N2/c1-2-15(12-13-18)19-17-11-7-6-10-16(17)14-8-4-3-5-9-14/h3-5,8-9,15-17,19H,2,6-7,10-12H2,1H3. The molecule has 0 heterocycles. The van der Waals surface area contributed by atoms with Gasteiger partial charge >= 0.3 is 0 Å². The maximum absolute atomic E-state index is 8.89. The highest BCUT2D eigenvalue weighted by Gasteiger charge is 2.27. The van der Waals surface area contributed by atoms with Crippen molar-refractivity contribution in [1.29, 1.82) is 5.26 Å². The second kappa shape index (κ2) is 7.31. The molecular weight excluding hydrogens is 232 g/mol. The summed E-state index contributed by atoms with van der Waals surface area (Å²) in [6.07, 6.45) is 6.79. The van der Waals surface area contributed by atoms with Gasteiger partial charge in [0.05, 0.1) is 12.5 Å². The zero-order valence-electron chi connectivity index (χ0n) is 11.8. The smallest absolute Gasteiger partial charge is 0.0638 e. The van der Waals surface area contributed by atoms with Gasteiger partial charge in [-0.15, -0.1) is 0 Å². The Bertz CT molecular complexity index is 407. The predicted molar refractivity (Wildman–Crippen MR) is 78.9 cm³/mol. The Balaban J connectivity index is 2.06. The van der Waals surface area contributed by atoms with E-state index >= 15 is 0 Å². The molecule has 0 aliphatic heterocycles. The van der Waals surface area contributed by atoms with E-state index < -0.39 is 0 Å². The van der Waals surface area contributed by atoms with Crippen molar-refractivity contribution in [3.8, 4) is 6.07 Å². The number of rotatable bonds is 5. The molecule has 0 aromatic heterocycles. The lowest BCUT2D eigenvalue weighted by Crippen LogP contribution is -2.43. The molecule has 102 valence electrons. The van der Waals surface area contributed by atoms with Crippen molar-refractivity contribution in [3.63, 3.8) is 0 Å². The molecule has 1 fully saturated rings. The summed E-state index contributed by atoms with van der Waals surface area (Å²) in [6, 6.07) is 14.0. The van der Waals surface area contributed by atoms with Crippen molar-refractivity contribution < 1.29 is 0 Å². The fraction of sp³-hybridized carbons (Fsp3) is 0.588. The Hall–Kier alpha value is -1.33. The second-order valence-electron chi connectivity index (χ2n) is 5.54. The molecule has 3 unspecified atom stereocenters. The number of nitrogens with zero attached hydrogens (tertiary/aromatic N) is 1. The average Bonchev–Trinajstić information content (AvgIpc) is 2.48. The second-order valence-corrected chi connectivity index (χ2v) is 5.54. The number of hydrogen-bond donors (Lipinski definition) is 1. The number of hydrogen-bond acceptors (Lipinski definition) is 2. The Kier molecular flexibility index (Phi) is 5.42. The van der Waals surface area contributed by atoms with Crippen LogP contribution < -0.4 is 5.32 Å². The van der Waals surface area contributed by atoms with Crippen molar-refractivity contribution in [1.82, 2.24) is 5.32 Å². The van der Waals surface area contributed by atoms with Crippen LogP contribution in [0.4, 0.5) is 0 Å². The van der Waals surface area contributed by atoms with E-state index in [2.05, 4.69) is 48.6 Å². The summed E-state index contributed by atoms with van der Waals surface area (Å²) < 4.78 is 0. The van der Waals surface area contributed by atoms with Gasteiger partial charge in [-0.05, 0) is 30.7 Å². The highest BCUT2D eigenvalue weighted by Crippen LogP contribution is 2.33. The van der Waals surface area contributed by atoms with Crippen LogP contribution in [-0.4, -0.2) is 12.1 Å². The minimum atomic E-state index is 0.347. The maximum Gasteiger partial charge on any atom is 0.0638 e. The van der Waals surface area contributed by atoms with Gasteiger partial charge in [-0.1, -0.05) is 50.1 Å². The number of benzene rings is 1. The molecule has 1 N–H and O–H groups in total. The summed E-state index contributed by atoms with van der Waals surface area (Å²) >= 11 is 0. The largest absolute Gasteiger partial charge is 0.310 e. The van der Waals surface area contributed by atoms with E-state index in [-0.39, 0.29) is 0 Å². The molecule has 1 aliphatic carbocycles. The van der Waals surface area contributed by atoms with E-state index in [9.17, 15) is 0 Å². The van der Waals surface area contributed by atoms with Crippen molar-refractivity contribution in [2.75, 3.05) is 0 Å². The topological polar surface area (TPSA) is 35.8 Å². The SMILES string of the molecule is CCC(CC#N)NC1CCCCC1c1ccccc1. The van der Waals surface area contributed by atoms with Crippen LogP contribution in [0.5, 0.6) is 0 Å². The quantitative estimate of drug-likeness (QED) is 0.864. The Morgan fingerprint density at radius 2 is 2.00 bits per heavy atom. The van der Waals surface area contributed by atoms with Gasteiger partial charge in [-0.25, -0.2) is 0 Å². The monoisotopic (exact) mass is 256 g/mol. The molecule has 1 aromatic carbocycles. The summed E-state index contributed by atoms with van der Waals surface area (Å²) in [7, 11) is 0. The van der Waals surface area contributed by atoms with Crippen LogP contribution in [0.25, 0.3) is 0 Å². The van der Waals surface area contributed by atoms with Crippen LogP contribution in [0.15, 0.2) is 30.3 Å². The molecular formula is C17H24N2. The molecule has 0 spiro atoms. The lowest BCUT2D eigenvalue weighted by atomic mass is 9.79. The van der Waals surface area contributed by atoms with Crippen LogP contribution in [-0.2, 0) is 0 Å². The average molecular weight is 256 g/mol. The summed E-state index contributed by atoms with van der Waals surface area (Å²) in [5.41, 5.74) is 1.45. The first-order chi connectivity index (χ1) is 9.35. The number of nitriles is 1. The van der Waals surface area contributed by atoms with Crippen LogP contribution in [0.3, 0.4) is 0 Å². The van der Waals surface area contributed by atoms with Gasteiger partial charge in [-0.2, -0.15) is 5.26 Å². The molecule has 0 radical (unpaired) electrons. The van der Waals surface area contributed by atoms with Crippen molar-refractivity contribution in [2.45, 2.75) is 63.5 Å². The van der Waals surface area contributed by atoms with Gasteiger partial charge in [-0.3, -0.25) is 0 Å². The first kappa shape index (κ1) is 14.1. The molecule has 1 saturated carbocycles. The molecule has 2 heteroatoms. The van der Waals surface area contributed by atoms with Crippen LogP contribution in [0.2, 0.25) is 0 Å². The Morgan fingerprint density at radius 3 is 2.68 bits per heavy atom. The minimum absolute atomic E-state index is 0.347. The summed E-state index contributed by atoms with van der Waals surface area (Å²) in [5, 5.41) is 12.6. The fourth-order valence-electron chi connectivity index (χ4n) is 3.16. The van der Waals surface area contributed by atoms with E-state index in [0.29, 0.717) is 24.4 Å². The fourth-order valence-corrected chi connectivity index (χ4v) is 3.16. The van der Waals surface area contributed by atoms with Crippen LogP contribution in [0, 0.1) is 11.3 Å². The van der Waals surface area contributed by atoms with Gasteiger partial charge in [0.1, 0.15) is 0 Å². The minimum Gasteiger partial charge on any atom is -0.310 e. The third-order valence-electron chi connectivity index (χ3n) is 4.27. The molecule has 2 nitrogen and oxygen atoms in total. The molecule has 3 atom stereocenters. The normalized spacial score (nSPS) is 24.6. The van der Waals surface area contributed by atoms with E-state index in [1.165, 1.54) is 31.2 Å². The molecule has 19 heavy (non-hydrogen) atoms. The van der Waals surface area contributed by atoms with E-state index in [0.717, 1.165) is 6.42 Å². The Labute approximate surface area is 116 Å². The third-order valence-corrected chi connectivity index (χ3v) is 4.27. The summed E-state index contributed by atoms with van der Waals surface area (Å²) in [6.45, 7) is 2.16. The van der Waals surface area contributed by atoms with Gasteiger partial charge < -0.3 is 5.32 Å². The number of nitrogens with one attached hydrogen (secondary N) is 1. The van der Waals surface area contributed by atoms with Crippen LogP contribution in [0.1, 0.15) is 56.9 Å². The zero-order chi connectivity index (χ0) is 13.5. The van der Waals surface area contributed by atoms with Gasteiger partial charge in [0.25, 0.3) is 0 Å². The van der Waals surface area contributed by atoms with E-state index in [1.807, 2.05) is 0 Å². The van der Waals surface area contributed by atoms with Gasteiger partial charge in [0.2, 0.25) is 0 Å². The van der Waals surface area contributed by atoms with Crippen LogP contribution >= 0.6 is 0 Å². The first-order valence-corrected chi connectivity index (χ1v) is 7.53. The zero-order valence-corrected chi connectivity index (χ0v) is 11.8. The van der Waals surface area contributed by atoms with Gasteiger partial charge in [0.15, 0.2) is 0 Å². The van der Waals surface area contributed by atoms with E-state index in [4.69, 9.17) is 5.26 Å². The molecule has 1 aromatic rings. The molecule has 2 rings (SSSR count). The van der Waals surface area contributed by atoms with E-state index in [1.54, 1.807) is 0 Å². The first-order valence-electron chi connectivity index (χ1n) is 7.53. The molecule has 1 aliphatic rings. The molecule has 0 amide bonds. The van der Waals surface area contributed by atoms with Crippen molar-refractivity contribution in [2.24, 2.45) is 0 Å². The molecule has 0 bridgehead atoms. The van der Waals surface area contributed by atoms with Crippen molar-refractivity contribution >= 4 is 0 Å². The summed E-state index contributed by atoms with van der Waals surface area (Å²) in [5.74, 6) is 0.614. The Morgan fingerprint density at radius 1 is 1.26 bits per heavy atom. The lowest BCUT2D eigenvalue weighted by Gasteiger charge is -2.35. The highest BCUT2D eigenvalue weighted by atomic mass is 15.0.